The van der Waals surface area contributed by atoms with Crippen LogP contribution in [0.15, 0.2) is 0 Å². The van der Waals surface area contributed by atoms with Crippen LogP contribution in [0.5, 0.6) is 0 Å². The summed E-state index contributed by atoms with van der Waals surface area (Å²) >= 11 is 0. The van der Waals surface area contributed by atoms with Gasteiger partial charge in [-0.3, -0.25) is 9.59 Å². The van der Waals surface area contributed by atoms with Crippen LogP contribution in [-0.2, 0) is 9.59 Å². The van der Waals surface area contributed by atoms with E-state index >= 15 is 0 Å². The van der Waals surface area contributed by atoms with Gasteiger partial charge in [-0.1, -0.05) is 13.8 Å². The van der Waals surface area contributed by atoms with Crippen LogP contribution < -0.4 is 5.32 Å². The summed E-state index contributed by atoms with van der Waals surface area (Å²) in [7, 11) is 0. The van der Waals surface area contributed by atoms with Gasteiger partial charge in [-0.15, -0.1) is 0 Å². The summed E-state index contributed by atoms with van der Waals surface area (Å²) in [6, 6.07) is 0. The number of piperidine rings is 1. The van der Waals surface area contributed by atoms with Gasteiger partial charge in [0.15, 0.2) is 0 Å². The van der Waals surface area contributed by atoms with E-state index in [-0.39, 0.29) is 31.3 Å². The molecule has 0 spiro atoms. The first kappa shape index (κ1) is 15.8. The molecule has 1 heterocycles. The second kappa shape index (κ2) is 6.25. The molecular weight excluding hydrogens is 261 g/mol. The van der Waals surface area contributed by atoms with E-state index in [1.54, 1.807) is 13.8 Å². The predicted octanol–water partition coefficient (Wildman–Crippen LogP) is 1.56. The second-order valence-electron chi connectivity index (χ2n) is 5.27. The quantitative estimate of drug-likeness (QED) is 0.849. The Kier molecular flexibility index (Phi) is 5.20. The number of amides is 2. The van der Waals surface area contributed by atoms with E-state index in [2.05, 4.69) is 5.32 Å². The molecule has 0 aromatic carbocycles. The minimum Gasteiger partial charge on any atom is -0.355 e. The minimum atomic E-state index is -4.40. The smallest absolute Gasteiger partial charge is 0.355 e. The predicted molar refractivity (Wildman–Crippen MR) is 63.2 cm³/mol. The van der Waals surface area contributed by atoms with Crippen molar-refractivity contribution in [1.29, 1.82) is 0 Å². The van der Waals surface area contributed by atoms with E-state index in [1.807, 2.05) is 0 Å². The standard InChI is InChI=1S/C12H19F3N2O2/c1-8(2)6-17(7-12(13,14)15)11(19)9-3-4-10(18)16-5-9/h8-9H,3-7H2,1-2H3,(H,16,18). The molecule has 7 heteroatoms. The molecular formula is C12H19F3N2O2. The molecule has 0 saturated carbocycles. The lowest BCUT2D eigenvalue weighted by atomic mass is 9.97. The lowest BCUT2D eigenvalue weighted by Gasteiger charge is -2.31. The Bertz CT molecular complexity index is 332. The molecule has 1 rings (SSSR count). The Morgan fingerprint density at radius 3 is 2.53 bits per heavy atom. The minimum absolute atomic E-state index is 0.0375. The number of alkyl halides is 3. The van der Waals surface area contributed by atoms with E-state index in [0.717, 1.165) is 4.90 Å². The maximum atomic E-state index is 12.5. The first-order valence-electron chi connectivity index (χ1n) is 6.31. The van der Waals surface area contributed by atoms with Gasteiger partial charge in [-0.05, 0) is 12.3 Å². The van der Waals surface area contributed by atoms with Crippen molar-refractivity contribution in [3.05, 3.63) is 0 Å². The maximum absolute atomic E-state index is 12.5. The second-order valence-corrected chi connectivity index (χ2v) is 5.27. The normalized spacial score (nSPS) is 20.3. The zero-order valence-corrected chi connectivity index (χ0v) is 11.1. The molecule has 2 amide bonds. The van der Waals surface area contributed by atoms with Gasteiger partial charge in [-0.2, -0.15) is 13.2 Å². The Balaban J connectivity index is 2.67. The number of nitrogens with one attached hydrogen (secondary N) is 1. The highest BCUT2D eigenvalue weighted by Crippen LogP contribution is 2.21. The lowest BCUT2D eigenvalue weighted by Crippen LogP contribution is -2.48. The van der Waals surface area contributed by atoms with Crippen LogP contribution >= 0.6 is 0 Å². The molecule has 1 N–H and O–H groups in total. The summed E-state index contributed by atoms with van der Waals surface area (Å²) in [6.45, 7) is 2.50. The van der Waals surface area contributed by atoms with Gasteiger partial charge in [0, 0.05) is 19.5 Å². The molecule has 1 atom stereocenters. The van der Waals surface area contributed by atoms with E-state index in [4.69, 9.17) is 0 Å². The Labute approximate surface area is 110 Å². The van der Waals surface area contributed by atoms with Crippen LogP contribution in [0.25, 0.3) is 0 Å². The number of nitrogens with zero attached hydrogens (tertiary/aromatic N) is 1. The first-order chi connectivity index (χ1) is 8.69. The van der Waals surface area contributed by atoms with Gasteiger partial charge in [0.05, 0.1) is 5.92 Å². The summed E-state index contributed by atoms with van der Waals surface area (Å²) in [5, 5.41) is 2.52. The zero-order valence-electron chi connectivity index (χ0n) is 11.1. The van der Waals surface area contributed by atoms with Crippen molar-refractivity contribution in [3.63, 3.8) is 0 Å². The lowest BCUT2D eigenvalue weighted by molar-refractivity contribution is -0.165. The number of hydrogen-bond acceptors (Lipinski definition) is 2. The van der Waals surface area contributed by atoms with Gasteiger partial charge >= 0.3 is 6.18 Å². The van der Waals surface area contributed by atoms with Gasteiger partial charge in [0.2, 0.25) is 11.8 Å². The number of carbonyl (C=O) groups is 2. The van der Waals surface area contributed by atoms with Gasteiger partial charge < -0.3 is 10.2 Å². The molecule has 1 saturated heterocycles. The van der Waals surface area contributed by atoms with Crippen molar-refractivity contribution in [2.24, 2.45) is 11.8 Å². The van der Waals surface area contributed by atoms with Gasteiger partial charge in [0.1, 0.15) is 6.54 Å². The van der Waals surface area contributed by atoms with E-state index < -0.39 is 24.5 Å². The molecule has 0 aliphatic carbocycles. The average molecular weight is 280 g/mol. The van der Waals surface area contributed by atoms with Crippen molar-refractivity contribution in [2.45, 2.75) is 32.9 Å². The summed E-state index contributed by atoms with van der Waals surface area (Å²) in [4.78, 5) is 23.9. The Morgan fingerprint density at radius 1 is 1.47 bits per heavy atom. The summed E-state index contributed by atoms with van der Waals surface area (Å²) < 4.78 is 37.4. The van der Waals surface area contributed by atoms with Crippen LogP contribution in [0.3, 0.4) is 0 Å². The molecule has 0 bridgehead atoms. The third kappa shape index (κ3) is 5.48. The van der Waals surface area contributed by atoms with Crippen molar-refractivity contribution in [3.8, 4) is 0 Å². The Hall–Kier alpha value is -1.27. The number of rotatable bonds is 4. The third-order valence-electron chi connectivity index (χ3n) is 2.88. The number of carbonyl (C=O) groups excluding carboxylic acids is 2. The highest BCUT2D eigenvalue weighted by atomic mass is 19.4. The molecule has 110 valence electrons. The molecule has 1 aliphatic rings. The summed E-state index contributed by atoms with van der Waals surface area (Å²) in [6.07, 6.45) is -3.89. The van der Waals surface area contributed by atoms with Crippen molar-refractivity contribution >= 4 is 11.8 Å². The number of halogens is 3. The molecule has 19 heavy (non-hydrogen) atoms. The molecule has 1 unspecified atom stereocenters. The van der Waals surface area contributed by atoms with E-state index in [9.17, 15) is 22.8 Å². The van der Waals surface area contributed by atoms with Crippen LogP contribution in [0.1, 0.15) is 26.7 Å². The summed E-state index contributed by atoms with van der Waals surface area (Å²) in [5.41, 5.74) is 0. The molecule has 1 aliphatic heterocycles. The average Bonchev–Trinajstić information content (AvgIpc) is 2.25. The highest BCUT2D eigenvalue weighted by Gasteiger charge is 2.36. The van der Waals surface area contributed by atoms with E-state index in [0.29, 0.717) is 6.42 Å². The largest absolute Gasteiger partial charge is 0.406 e. The monoisotopic (exact) mass is 280 g/mol. The molecule has 0 aromatic heterocycles. The van der Waals surface area contributed by atoms with Crippen LogP contribution in [0, 0.1) is 11.8 Å². The van der Waals surface area contributed by atoms with Crippen LogP contribution in [0.2, 0.25) is 0 Å². The summed E-state index contributed by atoms with van der Waals surface area (Å²) in [5.74, 6) is -1.26. The van der Waals surface area contributed by atoms with Crippen molar-refractivity contribution < 1.29 is 22.8 Å². The fourth-order valence-corrected chi connectivity index (χ4v) is 2.09. The fraction of sp³-hybridized carbons (Fsp3) is 0.833. The SMILES string of the molecule is CC(C)CN(CC(F)(F)F)C(=O)C1CCC(=O)NC1. The molecule has 1 fully saturated rings. The topological polar surface area (TPSA) is 49.4 Å². The van der Waals surface area contributed by atoms with Crippen LogP contribution in [0.4, 0.5) is 13.2 Å². The van der Waals surface area contributed by atoms with E-state index in [1.165, 1.54) is 0 Å². The van der Waals surface area contributed by atoms with Crippen LogP contribution in [-0.4, -0.2) is 42.5 Å². The van der Waals surface area contributed by atoms with Gasteiger partial charge in [-0.25, -0.2) is 0 Å². The van der Waals surface area contributed by atoms with Crippen molar-refractivity contribution in [1.82, 2.24) is 10.2 Å². The zero-order chi connectivity index (χ0) is 14.6. The fourth-order valence-electron chi connectivity index (χ4n) is 2.09. The molecule has 4 nitrogen and oxygen atoms in total. The number of hydrogen-bond donors (Lipinski definition) is 1. The van der Waals surface area contributed by atoms with Crippen molar-refractivity contribution in [2.75, 3.05) is 19.6 Å². The molecule has 0 aromatic rings. The van der Waals surface area contributed by atoms with Gasteiger partial charge in [0.25, 0.3) is 0 Å². The third-order valence-corrected chi connectivity index (χ3v) is 2.88. The maximum Gasteiger partial charge on any atom is 0.406 e. The Morgan fingerprint density at radius 2 is 2.11 bits per heavy atom. The molecule has 0 radical (unpaired) electrons. The highest BCUT2D eigenvalue weighted by molar-refractivity contribution is 5.83. The first-order valence-corrected chi connectivity index (χ1v) is 6.31.